The molecule has 0 aromatic carbocycles. The van der Waals surface area contributed by atoms with Crippen LogP contribution in [0.15, 0.2) is 15.9 Å². The van der Waals surface area contributed by atoms with Crippen LogP contribution in [0, 0.1) is 13.8 Å². The maximum Gasteiger partial charge on any atom is 0.352 e. The quantitative estimate of drug-likeness (QED) is 0.787. The first-order valence-electron chi connectivity index (χ1n) is 5.85. The number of hydrogen-bond donors (Lipinski definition) is 3. The van der Waals surface area contributed by atoms with E-state index in [1.165, 1.54) is 0 Å². The van der Waals surface area contributed by atoms with E-state index < -0.39 is 5.97 Å². The molecule has 0 aliphatic heterocycles. The molecule has 106 valence electrons. The highest BCUT2D eigenvalue weighted by Crippen LogP contribution is 2.22. The molecule has 0 aliphatic carbocycles. The summed E-state index contributed by atoms with van der Waals surface area (Å²) in [5.41, 5.74) is 1.48. The van der Waals surface area contributed by atoms with Crippen LogP contribution in [-0.4, -0.2) is 22.0 Å². The van der Waals surface area contributed by atoms with Crippen LogP contribution >= 0.6 is 27.3 Å². The first-order valence-corrected chi connectivity index (χ1v) is 7.46. The Balaban J connectivity index is 2.15. The van der Waals surface area contributed by atoms with Gasteiger partial charge in [-0.15, -0.1) is 11.3 Å². The predicted molar refractivity (Wildman–Crippen MR) is 80.4 cm³/mol. The molecule has 20 heavy (non-hydrogen) atoms. The summed E-state index contributed by atoms with van der Waals surface area (Å²) in [6, 6.07) is 3.84. The molecule has 0 saturated heterocycles. The minimum atomic E-state index is -1.06. The molecule has 2 rings (SSSR count). The summed E-state index contributed by atoms with van der Waals surface area (Å²) in [5.74, 6) is -1.33. The third-order valence-electron chi connectivity index (χ3n) is 2.93. The van der Waals surface area contributed by atoms with Crippen LogP contribution in [0.5, 0.6) is 0 Å². The van der Waals surface area contributed by atoms with Crippen molar-refractivity contribution < 1.29 is 14.7 Å². The Morgan fingerprint density at radius 2 is 2.10 bits per heavy atom. The number of nitrogens with one attached hydrogen (secondary N) is 2. The number of carboxylic acid groups (broad SMARTS) is 1. The molecule has 0 bridgehead atoms. The number of aromatic carboxylic acids is 1. The van der Waals surface area contributed by atoms with Gasteiger partial charge >= 0.3 is 5.97 Å². The van der Waals surface area contributed by atoms with Crippen molar-refractivity contribution in [2.75, 3.05) is 0 Å². The van der Waals surface area contributed by atoms with E-state index in [9.17, 15) is 9.59 Å². The molecule has 0 aliphatic rings. The Bertz CT molecular complexity index is 675. The number of thiophene rings is 1. The number of aromatic amines is 1. The van der Waals surface area contributed by atoms with Gasteiger partial charge in [0.05, 0.1) is 15.9 Å². The predicted octanol–water partition coefficient (Wildman–Crippen LogP) is 3.08. The fourth-order valence-electron chi connectivity index (χ4n) is 2.01. The standard InChI is InChI=1S/C13H13BrN2O3S/c1-6-10(7(2)16-11(6)13(18)19)12(17)15-5-8-3-4-9(14)20-8/h3-4,16H,5H2,1-2H3,(H,15,17)(H,18,19). The van der Waals surface area contributed by atoms with Gasteiger partial charge in [-0.3, -0.25) is 4.79 Å². The van der Waals surface area contributed by atoms with Crippen LogP contribution in [-0.2, 0) is 6.54 Å². The maximum absolute atomic E-state index is 12.2. The lowest BCUT2D eigenvalue weighted by atomic mass is 10.1. The van der Waals surface area contributed by atoms with Crippen molar-refractivity contribution in [1.82, 2.24) is 10.3 Å². The zero-order valence-corrected chi connectivity index (χ0v) is 13.3. The number of H-pyrrole nitrogens is 1. The number of carbonyl (C=O) groups is 2. The minimum absolute atomic E-state index is 0.0616. The number of halogens is 1. The summed E-state index contributed by atoms with van der Waals surface area (Å²) < 4.78 is 1.00. The monoisotopic (exact) mass is 356 g/mol. The van der Waals surface area contributed by atoms with Crippen LogP contribution in [0.25, 0.3) is 0 Å². The van der Waals surface area contributed by atoms with Gasteiger partial charge < -0.3 is 15.4 Å². The Morgan fingerprint density at radius 1 is 1.40 bits per heavy atom. The Labute approximate surface area is 128 Å². The number of carboxylic acids is 1. The molecule has 0 spiro atoms. The molecule has 5 nitrogen and oxygen atoms in total. The van der Waals surface area contributed by atoms with Crippen molar-refractivity contribution in [1.29, 1.82) is 0 Å². The van der Waals surface area contributed by atoms with Gasteiger partial charge in [0.25, 0.3) is 5.91 Å². The highest BCUT2D eigenvalue weighted by Gasteiger charge is 2.21. The van der Waals surface area contributed by atoms with Gasteiger partial charge in [0, 0.05) is 10.6 Å². The van der Waals surface area contributed by atoms with Gasteiger partial charge in [0.1, 0.15) is 5.69 Å². The number of carbonyl (C=O) groups excluding carboxylic acids is 1. The molecule has 7 heteroatoms. The topological polar surface area (TPSA) is 82.2 Å². The summed E-state index contributed by atoms with van der Waals surface area (Å²) >= 11 is 4.91. The highest BCUT2D eigenvalue weighted by molar-refractivity contribution is 9.11. The van der Waals surface area contributed by atoms with Crippen LogP contribution in [0.1, 0.15) is 37.0 Å². The van der Waals surface area contributed by atoms with E-state index >= 15 is 0 Å². The molecular weight excluding hydrogens is 344 g/mol. The summed E-state index contributed by atoms with van der Waals surface area (Å²) in [6.07, 6.45) is 0. The second kappa shape index (κ2) is 5.80. The average molecular weight is 357 g/mol. The van der Waals surface area contributed by atoms with Crippen molar-refractivity contribution in [2.24, 2.45) is 0 Å². The second-order valence-corrected chi connectivity index (χ2v) is 6.87. The van der Waals surface area contributed by atoms with Crippen LogP contribution in [0.2, 0.25) is 0 Å². The molecule has 0 fully saturated rings. The zero-order valence-electron chi connectivity index (χ0n) is 10.9. The van der Waals surface area contributed by atoms with E-state index in [1.807, 2.05) is 12.1 Å². The second-order valence-electron chi connectivity index (χ2n) is 4.32. The van der Waals surface area contributed by atoms with Gasteiger partial charge in [0.2, 0.25) is 0 Å². The minimum Gasteiger partial charge on any atom is -0.477 e. The van der Waals surface area contributed by atoms with E-state index in [0.717, 1.165) is 8.66 Å². The molecule has 0 atom stereocenters. The zero-order chi connectivity index (χ0) is 14.9. The van der Waals surface area contributed by atoms with Crippen molar-refractivity contribution in [3.63, 3.8) is 0 Å². The number of aryl methyl sites for hydroxylation is 1. The van der Waals surface area contributed by atoms with E-state index in [4.69, 9.17) is 5.11 Å². The summed E-state index contributed by atoms with van der Waals surface area (Å²) in [7, 11) is 0. The van der Waals surface area contributed by atoms with E-state index in [-0.39, 0.29) is 11.6 Å². The van der Waals surface area contributed by atoms with Crippen LogP contribution < -0.4 is 5.32 Å². The third kappa shape index (κ3) is 2.94. The molecule has 2 heterocycles. The fourth-order valence-corrected chi connectivity index (χ4v) is 3.43. The van der Waals surface area contributed by atoms with Gasteiger partial charge in [-0.05, 0) is 47.5 Å². The van der Waals surface area contributed by atoms with Gasteiger partial charge in [-0.1, -0.05) is 0 Å². The van der Waals surface area contributed by atoms with Crippen molar-refractivity contribution in [2.45, 2.75) is 20.4 Å². The molecule has 3 N–H and O–H groups in total. The van der Waals surface area contributed by atoms with Crippen LogP contribution in [0.4, 0.5) is 0 Å². The van der Waals surface area contributed by atoms with Crippen LogP contribution in [0.3, 0.4) is 0 Å². The Hall–Kier alpha value is -1.60. The van der Waals surface area contributed by atoms with Crippen molar-refractivity contribution >= 4 is 39.1 Å². The van der Waals surface area contributed by atoms with E-state index in [0.29, 0.717) is 23.4 Å². The normalized spacial score (nSPS) is 10.6. The maximum atomic E-state index is 12.2. The lowest BCUT2D eigenvalue weighted by Crippen LogP contribution is -2.23. The first-order chi connectivity index (χ1) is 9.40. The summed E-state index contributed by atoms with van der Waals surface area (Å²) in [4.78, 5) is 26.9. The Kier molecular flexibility index (Phi) is 4.29. The molecule has 0 radical (unpaired) electrons. The fraction of sp³-hybridized carbons (Fsp3) is 0.231. The number of hydrogen-bond acceptors (Lipinski definition) is 3. The van der Waals surface area contributed by atoms with E-state index in [1.54, 1.807) is 25.2 Å². The SMILES string of the molecule is Cc1[nH]c(C(=O)O)c(C)c1C(=O)NCc1ccc(Br)s1. The third-order valence-corrected chi connectivity index (χ3v) is 4.55. The number of rotatable bonds is 4. The smallest absolute Gasteiger partial charge is 0.352 e. The first kappa shape index (κ1) is 14.8. The largest absolute Gasteiger partial charge is 0.477 e. The molecule has 0 saturated carbocycles. The lowest BCUT2D eigenvalue weighted by molar-refractivity contribution is 0.0690. The molecular formula is C13H13BrN2O3S. The Morgan fingerprint density at radius 3 is 2.60 bits per heavy atom. The lowest BCUT2D eigenvalue weighted by Gasteiger charge is -2.04. The molecule has 0 unspecified atom stereocenters. The average Bonchev–Trinajstić information content (AvgIpc) is 2.91. The van der Waals surface area contributed by atoms with Crippen molar-refractivity contribution in [3.8, 4) is 0 Å². The van der Waals surface area contributed by atoms with Gasteiger partial charge in [0.15, 0.2) is 0 Å². The van der Waals surface area contributed by atoms with Crippen molar-refractivity contribution in [3.05, 3.63) is 43.3 Å². The van der Waals surface area contributed by atoms with E-state index in [2.05, 4.69) is 26.2 Å². The molecule has 1 amide bonds. The number of amides is 1. The van der Waals surface area contributed by atoms with Gasteiger partial charge in [-0.2, -0.15) is 0 Å². The highest BCUT2D eigenvalue weighted by atomic mass is 79.9. The number of aromatic nitrogens is 1. The summed E-state index contributed by atoms with van der Waals surface area (Å²) in [5, 5.41) is 11.8. The molecule has 2 aromatic heterocycles. The summed E-state index contributed by atoms with van der Waals surface area (Å²) in [6.45, 7) is 3.74. The molecule has 2 aromatic rings. The van der Waals surface area contributed by atoms with Gasteiger partial charge in [-0.25, -0.2) is 4.79 Å².